The Bertz CT molecular complexity index is 531. The average Bonchev–Trinajstić information content (AvgIpc) is 2.46. The Labute approximate surface area is 117 Å². The Morgan fingerprint density at radius 2 is 2.15 bits per heavy atom. The molecule has 0 unspecified atom stereocenters. The summed E-state index contributed by atoms with van der Waals surface area (Å²) in [7, 11) is 1.41. The molecule has 106 valence electrons. The first-order chi connectivity index (χ1) is 9.62. The summed E-state index contributed by atoms with van der Waals surface area (Å²) in [6.45, 7) is 2.15. The van der Waals surface area contributed by atoms with Gasteiger partial charge in [0.1, 0.15) is 5.82 Å². The smallest absolute Gasteiger partial charge is 0.308 e. The molecule has 0 aliphatic carbocycles. The van der Waals surface area contributed by atoms with E-state index in [1.807, 2.05) is 6.07 Å². The summed E-state index contributed by atoms with van der Waals surface area (Å²) in [4.78, 5) is 13.6. The maximum atomic E-state index is 13.4. The normalized spacial score (nSPS) is 16.6. The number of benzene rings is 1. The molecular formula is C15H17FN2O2. The summed E-state index contributed by atoms with van der Waals surface area (Å²) in [6.07, 6.45) is 1.51. The van der Waals surface area contributed by atoms with Crippen molar-refractivity contribution in [2.24, 2.45) is 5.92 Å². The third-order valence-electron chi connectivity index (χ3n) is 3.61. The number of hydrogen-bond acceptors (Lipinski definition) is 4. The first kappa shape index (κ1) is 14.5. The fourth-order valence-corrected chi connectivity index (χ4v) is 2.56. The molecule has 1 aromatic rings. The van der Waals surface area contributed by atoms with Gasteiger partial charge < -0.3 is 4.74 Å². The highest BCUT2D eigenvalue weighted by molar-refractivity contribution is 5.72. The monoisotopic (exact) mass is 276 g/mol. The van der Waals surface area contributed by atoms with Crippen molar-refractivity contribution in [3.05, 3.63) is 35.1 Å². The first-order valence-corrected chi connectivity index (χ1v) is 6.62. The van der Waals surface area contributed by atoms with E-state index in [4.69, 9.17) is 10.00 Å². The molecule has 1 fully saturated rings. The van der Waals surface area contributed by atoms with Crippen LogP contribution in [0.15, 0.2) is 18.2 Å². The van der Waals surface area contributed by atoms with Gasteiger partial charge in [0.25, 0.3) is 0 Å². The van der Waals surface area contributed by atoms with E-state index in [1.54, 1.807) is 6.07 Å². The fraction of sp³-hybridized carbons (Fsp3) is 0.467. The number of methoxy groups -OCH3 is 1. The third-order valence-corrected chi connectivity index (χ3v) is 3.61. The fourth-order valence-electron chi connectivity index (χ4n) is 2.56. The molecule has 1 aliphatic rings. The summed E-state index contributed by atoms with van der Waals surface area (Å²) in [6, 6.07) is 6.34. The number of hydrogen-bond donors (Lipinski definition) is 0. The van der Waals surface area contributed by atoms with E-state index < -0.39 is 0 Å². The van der Waals surface area contributed by atoms with Gasteiger partial charge in [-0.05, 0) is 49.7 Å². The van der Waals surface area contributed by atoms with Crippen molar-refractivity contribution >= 4 is 5.97 Å². The lowest BCUT2D eigenvalue weighted by Gasteiger charge is -2.30. The highest BCUT2D eigenvalue weighted by atomic mass is 19.1. The number of esters is 1. The van der Waals surface area contributed by atoms with Crippen LogP contribution in [0.2, 0.25) is 0 Å². The second-order valence-corrected chi connectivity index (χ2v) is 5.03. The minimum atomic E-state index is -0.386. The number of ether oxygens (including phenoxy) is 1. The molecule has 5 heteroatoms. The lowest BCUT2D eigenvalue weighted by atomic mass is 9.96. The number of piperidine rings is 1. The minimum Gasteiger partial charge on any atom is -0.469 e. The van der Waals surface area contributed by atoms with Crippen molar-refractivity contribution in [1.82, 2.24) is 4.90 Å². The molecule has 1 saturated heterocycles. The lowest BCUT2D eigenvalue weighted by Crippen LogP contribution is -2.36. The van der Waals surface area contributed by atoms with Gasteiger partial charge >= 0.3 is 5.97 Å². The zero-order valence-electron chi connectivity index (χ0n) is 11.4. The van der Waals surface area contributed by atoms with Gasteiger partial charge in [0.05, 0.1) is 24.7 Å². The summed E-state index contributed by atoms with van der Waals surface area (Å²) >= 11 is 0. The van der Waals surface area contributed by atoms with Gasteiger partial charge in [-0.1, -0.05) is 0 Å². The van der Waals surface area contributed by atoms with E-state index in [1.165, 1.54) is 19.2 Å². The Kier molecular flexibility index (Phi) is 4.70. The number of nitrogens with zero attached hydrogens (tertiary/aromatic N) is 2. The van der Waals surface area contributed by atoms with Crippen LogP contribution in [0.4, 0.5) is 4.39 Å². The predicted octanol–water partition coefficient (Wildman–Crippen LogP) is 2.08. The Balaban J connectivity index is 1.94. The molecule has 1 aliphatic heterocycles. The maximum absolute atomic E-state index is 13.4. The first-order valence-electron chi connectivity index (χ1n) is 6.62. The molecule has 2 rings (SSSR count). The number of rotatable bonds is 3. The zero-order chi connectivity index (χ0) is 14.5. The van der Waals surface area contributed by atoms with Crippen LogP contribution in [0.25, 0.3) is 0 Å². The SMILES string of the molecule is COC(=O)C1CCN(Cc2cc(F)cc(C#N)c2)CC1. The molecular weight excluding hydrogens is 259 g/mol. The maximum Gasteiger partial charge on any atom is 0.308 e. The van der Waals surface area contributed by atoms with E-state index in [9.17, 15) is 9.18 Å². The molecule has 0 saturated carbocycles. The van der Waals surface area contributed by atoms with E-state index >= 15 is 0 Å². The molecule has 1 aromatic carbocycles. The van der Waals surface area contributed by atoms with Crippen LogP contribution >= 0.6 is 0 Å². The summed E-state index contributed by atoms with van der Waals surface area (Å²) in [5.74, 6) is -0.566. The molecule has 0 aromatic heterocycles. The van der Waals surface area contributed by atoms with Crippen LogP contribution < -0.4 is 0 Å². The number of carbonyl (C=O) groups is 1. The molecule has 0 bridgehead atoms. The summed E-state index contributed by atoms with van der Waals surface area (Å²) in [5, 5.41) is 8.83. The van der Waals surface area contributed by atoms with E-state index in [2.05, 4.69) is 4.90 Å². The highest BCUT2D eigenvalue weighted by Crippen LogP contribution is 2.20. The van der Waals surface area contributed by atoms with Crippen molar-refractivity contribution in [2.45, 2.75) is 19.4 Å². The van der Waals surface area contributed by atoms with E-state index in [0.717, 1.165) is 31.5 Å². The van der Waals surface area contributed by atoms with Crippen LogP contribution in [-0.2, 0) is 16.1 Å². The van der Waals surface area contributed by atoms with Crippen LogP contribution in [0.1, 0.15) is 24.0 Å². The second-order valence-electron chi connectivity index (χ2n) is 5.03. The Hall–Kier alpha value is -1.93. The molecule has 0 amide bonds. The number of nitriles is 1. The summed E-state index contributed by atoms with van der Waals surface area (Å²) < 4.78 is 18.1. The van der Waals surface area contributed by atoms with E-state index in [-0.39, 0.29) is 17.7 Å². The lowest BCUT2D eigenvalue weighted by molar-refractivity contribution is -0.147. The van der Waals surface area contributed by atoms with Gasteiger partial charge in [0.2, 0.25) is 0 Å². The van der Waals surface area contributed by atoms with Crippen molar-refractivity contribution < 1.29 is 13.9 Å². The number of halogens is 1. The topological polar surface area (TPSA) is 53.3 Å². The standard InChI is InChI=1S/C15H17FN2O2/c1-20-15(19)13-2-4-18(5-3-13)10-12-6-11(9-17)7-14(16)8-12/h6-8,13H,2-5,10H2,1H3. The van der Waals surface area contributed by atoms with Crippen molar-refractivity contribution in [3.8, 4) is 6.07 Å². The zero-order valence-corrected chi connectivity index (χ0v) is 11.4. The largest absolute Gasteiger partial charge is 0.469 e. The molecule has 0 radical (unpaired) electrons. The molecule has 0 spiro atoms. The van der Waals surface area contributed by atoms with Gasteiger partial charge in [0, 0.05) is 6.54 Å². The van der Waals surface area contributed by atoms with Crippen molar-refractivity contribution in [1.29, 1.82) is 5.26 Å². The van der Waals surface area contributed by atoms with Gasteiger partial charge in [-0.15, -0.1) is 0 Å². The van der Waals surface area contributed by atoms with Crippen molar-refractivity contribution in [2.75, 3.05) is 20.2 Å². The van der Waals surface area contributed by atoms with Crippen LogP contribution in [0, 0.1) is 23.1 Å². The third kappa shape index (κ3) is 3.55. The minimum absolute atomic E-state index is 0.0292. The van der Waals surface area contributed by atoms with Gasteiger partial charge in [0.15, 0.2) is 0 Å². The Morgan fingerprint density at radius 3 is 2.75 bits per heavy atom. The van der Waals surface area contributed by atoms with Crippen LogP contribution in [-0.4, -0.2) is 31.1 Å². The van der Waals surface area contributed by atoms with Gasteiger partial charge in [-0.2, -0.15) is 5.26 Å². The van der Waals surface area contributed by atoms with Gasteiger partial charge in [-0.3, -0.25) is 9.69 Å². The highest BCUT2D eigenvalue weighted by Gasteiger charge is 2.25. The molecule has 0 N–H and O–H groups in total. The molecule has 0 atom stereocenters. The summed E-state index contributed by atoms with van der Waals surface area (Å²) in [5.41, 5.74) is 1.13. The second kappa shape index (κ2) is 6.49. The molecule has 20 heavy (non-hydrogen) atoms. The number of likely N-dealkylation sites (tertiary alicyclic amines) is 1. The van der Waals surface area contributed by atoms with Crippen LogP contribution in [0.3, 0.4) is 0 Å². The van der Waals surface area contributed by atoms with Crippen molar-refractivity contribution in [3.63, 3.8) is 0 Å². The molecule has 4 nitrogen and oxygen atoms in total. The predicted molar refractivity (Wildman–Crippen MR) is 71.1 cm³/mol. The van der Waals surface area contributed by atoms with Gasteiger partial charge in [-0.25, -0.2) is 4.39 Å². The quantitative estimate of drug-likeness (QED) is 0.793. The van der Waals surface area contributed by atoms with Crippen LogP contribution in [0.5, 0.6) is 0 Å². The number of carbonyl (C=O) groups excluding carboxylic acids is 1. The van der Waals surface area contributed by atoms with E-state index in [0.29, 0.717) is 12.1 Å². The Morgan fingerprint density at radius 1 is 1.45 bits per heavy atom. The average molecular weight is 276 g/mol. The molecule has 1 heterocycles.